The first kappa shape index (κ1) is 8.15. The van der Waals surface area contributed by atoms with Crippen LogP contribution in [0.2, 0.25) is 0 Å². The molecule has 0 N–H and O–H groups in total. The van der Waals surface area contributed by atoms with Gasteiger partial charge in [-0.05, 0) is 6.26 Å². The summed E-state index contributed by atoms with van der Waals surface area (Å²) in [5.41, 5.74) is 0. The molecular formula is C6H12S3. The third kappa shape index (κ3) is 1.99. The predicted octanol–water partition coefficient (Wildman–Crippen LogP) is 2.89. The summed E-state index contributed by atoms with van der Waals surface area (Å²) >= 11 is 6.16. The van der Waals surface area contributed by atoms with E-state index in [-0.39, 0.29) is 0 Å². The highest BCUT2D eigenvalue weighted by Gasteiger charge is 2.28. The van der Waals surface area contributed by atoms with Crippen LogP contribution >= 0.6 is 35.3 Å². The van der Waals surface area contributed by atoms with E-state index in [0.717, 1.165) is 14.4 Å². The van der Waals surface area contributed by atoms with Crippen molar-refractivity contribution in [2.24, 2.45) is 0 Å². The average Bonchev–Trinajstić information content (AvgIpc) is 2.13. The molecule has 2 unspecified atom stereocenters. The summed E-state index contributed by atoms with van der Waals surface area (Å²) < 4.78 is 0.801. The van der Waals surface area contributed by atoms with Gasteiger partial charge in [-0.3, -0.25) is 0 Å². The molecule has 3 heteroatoms. The van der Waals surface area contributed by atoms with Gasteiger partial charge in [-0.15, -0.1) is 35.3 Å². The Hall–Kier alpha value is 1.05. The van der Waals surface area contributed by atoms with Gasteiger partial charge in [0.25, 0.3) is 0 Å². The molecule has 0 aromatic rings. The second-order valence-electron chi connectivity index (χ2n) is 2.21. The Labute approximate surface area is 69.9 Å². The minimum absolute atomic E-state index is 0.801. The largest absolute Gasteiger partial charge is 0.140 e. The standard InChI is InChI=1S/C6H12S3/c1-4-5(2)9-6(7-3)8-4/h4-6H,1-3H3. The van der Waals surface area contributed by atoms with E-state index in [1.54, 1.807) is 0 Å². The Morgan fingerprint density at radius 2 is 1.56 bits per heavy atom. The molecular weight excluding hydrogens is 168 g/mol. The lowest BCUT2D eigenvalue weighted by Gasteiger charge is -2.02. The van der Waals surface area contributed by atoms with Gasteiger partial charge in [-0.25, -0.2) is 0 Å². The molecule has 0 aliphatic carbocycles. The highest BCUT2D eigenvalue weighted by Crippen LogP contribution is 2.47. The van der Waals surface area contributed by atoms with E-state index in [1.807, 2.05) is 11.8 Å². The van der Waals surface area contributed by atoms with Crippen LogP contribution in [0, 0.1) is 0 Å². The van der Waals surface area contributed by atoms with Crippen molar-refractivity contribution in [2.75, 3.05) is 6.26 Å². The first-order valence-electron chi connectivity index (χ1n) is 3.07. The number of hydrogen-bond acceptors (Lipinski definition) is 3. The SMILES string of the molecule is CSC1SC(C)C(C)S1. The Morgan fingerprint density at radius 1 is 1.11 bits per heavy atom. The van der Waals surface area contributed by atoms with Crippen LogP contribution < -0.4 is 0 Å². The topological polar surface area (TPSA) is 0 Å². The van der Waals surface area contributed by atoms with Crippen LogP contribution in [-0.2, 0) is 0 Å². The van der Waals surface area contributed by atoms with Gasteiger partial charge in [0.2, 0.25) is 0 Å². The Morgan fingerprint density at radius 3 is 1.78 bits per heavy atom. The normalized spacial score (nSPS) is 43.7. The quantitative estimate of drug-likeness (QED) is 0.609. The fourth-order valence-electron chi connectivity index (χ4n) is 0.715. The van der Waals surface area contributed by atoms with Crippen molar-refractivity contribution < 1.29 is 0 Å². The summed E-state index contributed by atoms with van der Waals surface area (Å²) in [7, 11) is 0. The Bertz CT molecular complexity index is 84.3. The molecule has 0 radical (unpaired) electrons. The van der Waals surface area contributed by atoms with Crippen molar-refractivity contribution >= 4 is 35.3 Å². The zero-order chi connectivity index (χ0) is 6.85. The summed E-state index contributed by atoms with van der Waals surface area (Å²) in [6.45, 7) is 4.64. The third-order valence-corrected chi connectivity index (χ3v) is 6.67. The van der Waals surface area contributed by atoms with Gasteiger partial charge in [0.15, 0.2) is 0 Å². The van der Waals surface area contributed by atoms with Crippen LogP contribution in [0.3, 0.4) is 0 Å². The molecule has 1 saturated heterocycles. The highest BCUT2D eigenvalue weighted by atomic mass is 32.3. The van der Waals surface area contributed by atoms with E-state index in [4.69, 9.17) is 0 Å². The van der Waals surface area contributed by atoms with E-state index in [0.29, 0.717) is 0 Å². The Kier molecular flexibility index (Phi) is 3.12. The van der Waals surface area contributed by atoms with E-state index in [1.165, 1.54) is 0 Å². The number of rotatable bonds is 1. The summed E-state index contributed by atoms with van der Waals surface area (Å²) in [6, 6.07) is 0. The minimum Gasteiger partial charge on any atom is -0.140 e. The van der Waals surface area contributed by atoms with Gasteiger partial charge >= 0.3 is 0 Å². The first-order chi connectivity index (χ1) is 4.24. The molecule has 9 heavy (non-hydrogen) atoms. The molecule has 0 saturated carbocycles. The van der Waals surface area contributed by atoms with Crippen LogP contribution in [0.1, 0.15) is 13.8 Å². The molecule has 0 amide bonds. The molecule has 1 rings (SSSR count). The van der Waals surface area contributed by atoms with E-state index >= 15 is 0 Å². The first-order valence-corrected chi connectivity index (χ1v) is 6.25. The molecule has 0 aromatic heterocycles. The number of thioether (sulfide) groups is 3. The van der Waals surface area contributed by atoms with E-state index < -0.39 is 0 Å². The van der Waals surface area contributed by atoms with Gasteiger partial charge < -0.3 is 0 Å². The zero-order valence-electron chi connectivity index (χ0n) is 5.96. The molecule has 0 spiro atoms. The van der Waals surface area contributed by atoms with Crippen molar-refractivity contribution in [2.45, 2.75) is 28.3 Å². The van der Waals surface area contributed by atoms with Crippen molar-refractivity contribution in [1.29, 1.82) is 0 Å². The van der Waals surface area contributed by atoms with Crippen molar-refractivity contribution in [3.8, 4) is 0 Å². The maximum absolute atomic E-state index is 2.32. The molecule has 0 nitrogen and oxygen atoms in total. The van der Waals surface area contributed by atoms with Crippen LogP contribution in [0.5, 0.6) is 0 Å². The van der Waals surface area contributed by atoms with Gasteiger partial charge in [-0.1, -0.05) is 13.8 Å². The van der Waals surface area contributed by atoms with Crippen LogP contribution in [0.25, 0.3) is 0 Å². The van der Waals surface area contributed by atoms with Gasteiger partial charge in [-0.2, -0.15) is 0 Å². The van der Waals surface area contributed by atoms with Gasteiger partial charge in [0.05, 0.1) is 3.91 Å². The maximum atomic E-state index is 2.32. The smallest absolute Gasteiger partial charge is 0.0959 e. The van der Waals surface area contributed by atoms with Crippen molar-refractivity contribution in [3.05, 3.63) is 0 Å². The molecule has 0 aromatic carbocycles. The lowest BCUT2D eigenvalue weighted by atomic mass is 10.4. The average molecular weight is 180 g/mol. The van der Waals surface area contributed by atoms with E-state index in [9.17, 15) is 0 Å². The van der Waals surface area contributed by atoms with E-state index in [2.05, 4.69) is 43.6 Å². The second-order valence-corrected chi connectivity index (χ2v) is 7.02. The lowest BCUT2D eigenvalue weighted by Crippen LogP contribution is -2.04. The van der Waals surface area contributed by atoms with Crippen LogP contribution in [0.4, 0.5) is 0 Å². The minimum atomic E-state index is 0.801. The van der Waals surface area contributed by atoms with Crippen LogP contribution in [-0.4, -0.2) is 20.7 Å². The molecule has 54 valence electrons. The molecule has 1 aliphatic heterocycles. The fraction of sp³-hybridized carbons (Fsp3) is 1.00. The van der Waals surface area contributed by atoms with Crippen LogP contribution in [0.15, 0.2) is 0 Å². The molecule has 0 bridgehead atoms. The predicted molar refractivity (Wildman–Crippen MR) is 51.4 cm³/mol. The van der Waals surface area contributed by atoms with Crippen molar-refractivity contribution in [1.82, 2.24) is 0 Å². The number of hydrogen-bond donors (Lipinski definition) is 0. The van der Waals surface area contributed by atoms with Gasteiger partial charge in [0, 0.05) is 10.5 Å². The van der Waals surface area contributed by atoms with Gasteiger partial charge in [0.1, 0.15) is 0 Å². The second kappa shape index (κ2) is 3.44. The molecule has 2 atom stereocenters. The summed E-state index contributed by atoms with van der Waals surface area (Å²) in [5, 5.41) is 1.71. The molecule has 1 fully saturated rings. The van der Waals surface area contributed by atoms with Crippen molar-refractivity contribution in [3.63, 3.8) is 0 Å². The fourth-order valence-corrected chi connectivity index (χ4v) is 5.49. The third-order valence-electron chi connectivity index (χ3n) is 1.51. The molecule has 1 aliphatic rings. The summed E-state index contributed by atoms with van der Waals surface area (Å²) in [5.74, 6) is 0. The molecule has 1 heterocycles. The lowest BCUT2D eigenvalue weighted by molar-refractivity contribution is 0.941. The monoisotopic (exact) mass is 180 g/mol. The summed E-state index contributed by atoms with van der Waals surface area (Å²) in [6.07, 6.45) is 2.19. The maximum Gasteiger partial charge on any atom is 0.0959 e. The zero-order valence-corrected chi connectivity index (χ0v) is 8.41. The Balaban J connectivity index is 2.35. The highest BCUT2D eigenvalue weighted by molar-refractivity contribution is 8.34. The summed E-state index contributed by atoms with van der Waals surface area (Å²) in [4.78, 5) is 0.